The first-order chi connectivity index (χ1) is 16.0. The van der Waals surface area contributed by atoms with Crippen LogP contribution in [0.2, 0.25) is 15.1 Å². The molecule has 0 saturated heterocycles. The number of sulfonamides is 1. The molecule has 0 fully saturated rings. The van der Waals surface area contributed by atoms with Gasteiger partial charge in [-0.05, 0) is 49.2 Å². The van der Waals surface area contributed by atoms with Crippen molar-refractivity contribution in [3.05, 3.63) is 63.1 Å². The molecule has 0 unspecified atom stereocenters. The lowest BCUT2D eigenvalue weighted by atomic mass is 10.1. The summed E-state index contributed by atoms with van der Waals surface area (Å²) >= 11 is 18.6. The van der Waals surface area contributed by atoms with Crippen molar-refractivity contribution in [2.45, 2.75) is 39.3 Å². The third kappa shape index (κ3) is 7.50. The fraction of sp³-hybridized carbons (Fsp3) is 0.391. The van der Waals surface area contributed by atoms with Gasteiger partial charge in [0.25, 0.3) is 0 Å². The average molecular weight is 549 g/mol. The summed E-state index contributed by atoms with van der Waals surface area (Å²) in [5, 5.41) is 3.92. The summed E-state index contributed by atoms with van der Waals surface area (Å²) in [5.41, 5.74) is 0.748. The number of hydrogen-bond acceptors (Lipinski definition) is 4. The van der Waals surface area contributed by atoms with Crippen molar-refractivity contribution in [2.75, 3.05) is 23.7 Å². The molecular formula is C23H28Cl3N3O4S. The lowest BCUT2D eigenvalue weighted by Gasteiger charge is -2.33. The zero-order chi connectivity index (χ0) is 25.5. The van der Waals surface area contributed by atoms with E-state index in [2.05, 4.69) is 5.32 Å². The van der Waals surface area contributed by atoms with Crippen molar-refractivity contribution in [3.63, 3.8) is 0 Å². The molecule has 0 aliphatic carbocycles. The van der Waals surface area contributed by atoms with E-state index in [9.17, 15) is 18.0 Å². The van der Waals surface area contributed by atoms with Gasteiger partial charge in [-0.15, -0.1) is 0 Å². The number of anilines is 1. The zero-order valence-electron chi connectivity index (χ0n) is 19.2. The van der Waals surface area contributed by atoms with E-state index < -0.39 is 28.5 Å². The van der Waals surface area contributed by atoms with E-state index in [1.807, 2.05) is 6.92 Å². The van der Waals surface area contributed by atoms with Crippen LogP contribution in [-0.4, -0.2) is 50.5 Å². The molecule has 34 heavy (non-hydrogen) atoms. The van der Waals surface area contributed by atoms with Crippen molar-refractivity contribution in [2.24, 2.45) is 0 Å². The Bertz CT molecular complexity index is 1090. The smallest absolute Gasteiger partial charge is 0.244 e. The lowest BCUT2D eigenvalue weighted by molar-refractivity contribution is -0.140. The molecular weight excluding hydrogens is 521 g/mol. The maximum atomic E-state index is 13.6. The molecule has 0 radical (unpaired) electrons. The van der Waals surface area contributed by atoms with Gasteiger partial charge in [0.05, 0.1) is 11.9 Å². The molecule has 2 amide bonds. The maximum Gasteiger partial charge on any atom is 0.244 e. The summed E-state index contributed by atoms with van der Waals surface area (Å²) in [5.74, 6) is -0.909. The van der Waals surface area contributed by atoms with Crippen LogP contribution in [0.3, 0.4) is 0 Å². The van der Waals surface area contributed by atoms with Gasteiger partial charge in [0.1, 0.15) is 12.6 Å². The Hall–Kier alpha value is -2.00. The molecule has 0 aliphatic heterocycles. The highest BCUT2D eigenvalue weighted by atomic mass is 35.5. The van der Waals surface area contributed by atoms with Crippen LogP contribution >= 0.6 is 34.8 Å². The maximum absolute atomic E-state index is 13.6. The normalized spacial score (nSPS) is 12.2. The molecule has 0 aliphatic rings. The van der Waals surface area contributed by atoms with Gasteiger partial charge in [-0.2, -0.15) is 0 Å². The fourth-order valence-electron chi connectivity index (χ4n) is 3.36. The third-order valence-electron chi connectivity index (χ3n) is 5.12. The first-order valence-electron chi connectivity index (χ1n) is 10.7. The monoisotopic (exact) mass is 547 g/mol. The largest absolute Gasteiger partial charge is 0.354 e. The van der Waals surface area contributed by atoms with Crippen LogP contribution in [-0.2, 0) is 26.2 Å². The standard InChI is InChI=1S/C23H28Cl3N3O4S/c1-4-13-27-23(31)21(5-2)28(14-18-19(25)7-6-8-20(18)26)22(30)15-29(34(3,32)33)17-11-9-16(24)10-12-17/h6-12,21H,4-5,13-15H2,1-3H3,(H,27,31)/t21-/m0/s1. The second-order valence-corrected chi connectivity index (χ2v) is 10.8. The van der Waals surface area contributed by atoms with Gasteiger partial charge in [0.15, 0.2) is 0 Å². The molecule has 2 rings (SSSR count). The topological polar surface area (TPSA) is 86.8 Å². The zero-order valence-corrected chi connectivity index (χ0v) is 22.3. The minimum atomic E-state index is -3.83. The summed E-state index contributed by atoms with van der Waals surface area (Å²) < 4.78 is 26.1. The second-order valence-electron chi connectivity index (χ2n) is 7.68. The highest BCUT2D eigenvalue weighted by Crippen LogP contribution is 2.28. The minimum absolute atomic E-state index is 0.0619. The quantitative estimate of drug-likeness (QED) is 0.439. The van der Waals surface area contributed by atoms with E-state index in [4.69, 9.17) is 34.8 Å². The van der Waals surface area contributed by atoms with E-state index in [1.54, 1.807) is 25.1 Å². The first kappa shape index (κ1) is 28.2. The SMILES string of the molecule is CCCNC(=O)[C@H](CC)N(Cc1c(Cl)cccc1Cl)C(=O)CN(c1ccc(Cl)cc1)S(C)(=O)=O. The van der Waals surface area contributed by atoms with Gasteiger partial charge < -0.3 is 10.2 Å². The predicted molar refractivity (Wildman–Crippen MR) is 138 cm³/mol. The van der Waals surface area contributed by atoms with E-state index in [0.29, 0.717) is 33.6 Å². The van der Waals surface area contributed by atoms with Gasteiger partial charge in [0.2, 0.25) is 21.8 Å². The number of amides is 2. The van der Waals surface area contributed by atoms with Crippen LogP contribution in [0.1, 0.15) is 32.3 Å². The summed E-state index contributed by atoms with van der Waals surface area (Å²) in [6.45, 7) is 3.57. The predicted octanol–water partition coefficient (Wildman–Crippen LogP) is 4.75. The Morgan fingerprint density at radius 3 is 2.09 bits per heavy atom. The Balaban J connectivity index is 2.47. The second kappa shape index (κ2) is 12.6. The summed E-state index contributed by atoms with van der Waals surface area (Å²) in [4.78, 5) is 27.8. The Morgan fingerprint density at radius 2 is 1.59 bits per heavy atom. The Kier molecular flexibility index (Phi) is 10.5. The van der Waals surface area contributed by atoms with Gasteiger partial charge in [-0.25, -0.2) is 8.42 Å². The van der Waals surface area contributed by atoms with E-state index >= 15 is 0 Å². The summed E-state index contributed by atoms with van der Waals surface area (Å²) in [6, 6.07) is 10.2. The third-order valence-corrected chi connectivity index (χ3v) is 7.22. The van der Waals surface area contributed by atoms with Gasteiger partial charge in [-0.3, -0.25) is 13.9 Å². The molecule has 2 aromatic rings. The molecule has 0 saturated carbocycles. The molecule has 186 valence electrons. The minimum Gasteiger partial charge on any atom is -0.354 e. The molecule has 7 nitrogen and oxygen atoms in total. The van der Waals surface area contributed by atoms with Crippen LogP contribution in [0.15, 0.2) is 42.5 Å². The fourth-order valence-corrected chi connectivity index (χ4v) is 4.85. The van der Waals surface area contributed by atoms with Crippen LogP contribution in [0.4, 0.5) is 5.69 Å². The van der Waals surface area contributed by atoms with Crippen molar-refractivity contribution in [1.29, 1.82) is 0 Å². The number of nitrogens with one attached hydrogen (secondary N) is 1. The molecule has 0 heterocycles. The molecule has 1 atom stereocenters. The molecule has 2 aromatic carbocycles. The van der Waals surface area contributed by atoms with E-state index in [1.165, 1.54) is 29.2 Å². The van der Waals surface area contributed by atoms with Crippen molar-refractivity contribution in [1.82, 2.24) is 10.2 Å². The van der Waals surface area contributed by atoms with Crippen molar-refractivity contribution >= 4 is 62.3 Å². The molecule has 0 aromatic heterocycles. The average Bonchev–Trinajstić information content (AvgIpc) is 2.77. The number of rotatable bonds is 11. The van der Waals surface area contributed by atoms with Gasteiger partial charge in [-0.1, -0.05) is 54.7 Å². The van der Waals surface area contributed by atoms with Crippen molar-refractivity contribution in [3.8, 4) is 0 Å². The van der Waals surface area contributed by atoms with Gasteiger partial charge in [0, 0.05) is 33.7 Å². The van der Waals surface area contributed by atoms with Crippen LogP contribution < -0.4 is 9.62 Å². The van der Waals surface area contributed by atoms with Gasteiger partial charge >= 0.3 is 0 Å². The van der Waals surface area contributed by atoms with E-state index in [-0.39, 0.29) is 18.1 Å². The Labute approximate surface area is 216 Å². The van der Waals surface area contributed by atoms with Crippen LogP contribution in [0.5, 0.6) is 0 Å². The number of hydrogen-bond donors (Lipinski definition) is 1. The lowest BCUT2D eigenvalue weighted by Crippen LogP contribution is -2.52. The molecule has 1 N–H and O–H groups in total. The van der Waals surface area contributed by atoms with E-state index in [0.717, 1.165) is 17.0 Å². The summed E-state index contributed by atoms with van der Waals surface area (Å²) in [7, 11) is -3.83. The Morgan fingerprint density at radius 1 is 1.00 bits per heavy atom. The molecule has 0 spiro atoms. The first-order valence-corrected chi connectivity index (χ1v) is 13.7. The summed E-state index contributed by atoms with van der Waals surface area (Å²) in [6.07, 6.45) is 2.05. The van der Waals surface area contributed by atoms with Crippen molar-refractivity contribution < 1.29 is 18.0 Å². The number of halogens is 3. The number of nitrogens with zero attached hydrogens (tertiary/aromatic N) is 2. The highest BCUT2D eigenvalue weighted by molar-refractivity contribution is 7.92. The number of carbonyl (C=O) groups excluding carboxylic acids is 2. The number of benzene rings is 2. The highest BCUT2D eigenvalue weighted by Gasteiger charge is 2.32. The van der Waals surface area contributed by atoms with Crippen LogP contribution in [0.25, 0.3) is 0 Å². The van der Waals surface area contributed by atoms with Crippen LogP contribution in [0, 0.1) is 0 Å². The number of carbonyl (C=O) groups is 2. The molecule has 0 bridgehead atoms. The molecule has 11 heteroatoms.